The van der Waals surface area contributed by atoms with Gasteiger partial charge >= 0.3 is 5.97 Å². The van der Waals surface area contributed by atoms with Crippen LogP contribution in [0.5, 0.6) is 0 Å². The van der Waals surface area contributed by atoms with Crippen LogP contribution in [-0.2, 0) is 16.0 Å². The summed E-state index contributed by atoms with van der Waals surface area (Å²) in [7, 11) is 1.20. The molecule has 3 rings (SSSR count). The molecule has 0 bridgehead atoms. The van der Waals surface area contributed by atoms with Gasteiger partial charge in [-0.25, -0.2) is 13.2 Å². The zero-order chi connectivity index (χ0) is 17.3. The zero-order valence-electron chi connectivity index (χ0n) is 12.4. The lowest BCUT2D eigenvalue weighted by Gasteiger charge is -2.03. The molecule has 0 aliphatic heterocycles. The topological polar surface area (TPSA) is 64.4 Å². The van der Waals surface area contributed by atoms with Crippen molar-refractivity contribution in [1.29, 1.82) is 0 Å². The number of carbonyl (C=O) groups excluding carboxylic acids is 1. The summed E-state index contributed by atoms with van der Waals surface area (Å²) in [5.41, 5.74) is -0.151. The molecule has 1 aromatic heterocycles. The van der Waals surface area contributed by atoms with E-state index in [1.165, 1.54) is 19.2 Å². The summed E-state index contributed by atoms with van der Waals surface area (Å²) in [6.07, 6.45) is -0.264. The number of halogens is 3. The van der Waals surface area contributed by atoms with Crippen LogP contribution < -0.4 is 5.32 Å². The number of methoxy groups -OCH3 is 1. The van der Waals surface area contributed by atoms with Gasteiger partial charge in [0, 0.05) is 11.6 Å². The van der Waals surface area contributed by atoms with Crippen LogP contribution in [0.25, 0.3) is 11.1 Å². The van der Waals surface area contributed by atoms with Crippen LogP contribution in [0.1, 0.15) is 5.56 Å². The van der Waals surface area contributed by atoms with Gasteiger partial charge in [-0.05, 0) is 18.2 Å². The first-order valence-corrected chi connectivity index (χ1v) is 6.84. The number of oxazole rings is 1. The normalized spacial score (nSPS) is 10.8. The van der Waals surface area contributed by atoms with Crippen LogP contribution in [0.2, 0.25) is 0 Å². The van der Waals surface area contributed by atoms with Crippen molar-refractivity contribution >= 4 is 28.8 Å². The third-order valence-electron chi connectivity index (χ3n) is 3.31. The standard InChI is InChI=1S/C16H11F3N2O3/c1-23-13(22)6-8-2-5-11-15(14(8)19)24-16(20-11)21-12-7-9(17)3-4-10(12)18/h2-5,7H,6H2,1H3,(H,20,21). The van der Waals surface area contributed by atoms with Crippen molar-refractivity contribution in [3.8, 4) is 0 Å². The van der Waals surface area contributed by atoms with Crippen LogP contribution in [0.15, 0.2) is 34.7 Å². The number of fused-ring (bicyclic) bond motifs is 1. The molecule has 8 heteroatoms. The van der Waals surface area contributed by atoms with Crippen LogP contribution >= 0.6 is 0 Å². The van der Waals surface area contributed by atoms with Crippen molar-refractivity contribution in [2.45, 2.75) is 6.42 Å². The Balaban J connectivity index is 1.95. The van der Waals surface area contributed by atoms with Crippen molar-refractivity contribution in [2.24, 2.45) is 0 Å². The summed E-state index contributed by atoms with van der Waals surface area (Å²) in [4.78, 5) is 15.2. The molecule has 0 fully saturated rings. The fourth-order valence-electron chi connectivity index (χ4n) is 2.13. The van der Waals surface area contributed by atoms with E-state index in [9.17, 15) is 18.0 Å². The average molecular weight is 336 g/mol. The molecule has 0 amide bonds. The fourth-order valence-corrected chi connectivity index (χ4v) is 2.13. The van der Waals surface area contributed by atoms with E-state index in [4.69, 9.17) is 4.42 Å². The second-order valence-electron chi connectivity index (χ2n) is 4.91. The van der Waals surface area contributed by atoms with E-state index < -0.39 is 23.4 Å². The highest BCUT2D eigenvalue weighted by atomic mass is 19.1. The fraction of sp³-hybridized carbons (Fsp3) is 0.125. The molecule has 1 N–H and O–H groups in total. The molecule has 0 aliphatic rings. The number of esters is 1. The first-order valence-electron chi connectivity index (χ1n) is 6.84. The van der Waals surface area contributed by atoms with E-state index in [0.29, 0.717) is 0 Å². The van der Waals surface area contributed by atoms with E-state index in [0.717, 1.165) is 18.2 Å². The number of anilines is 2. The van der Waals surface area contributed by atoms with Crippen LogP contribution in [0, 0.1) is 17.5 Å². The van der Waals surface area contributed by atoms with Crippen LogP contribution in [0.4, 0.5) is 24.9 Å². The lowest BCUT2D eigenvalue weighted by Crippen LogP contribution is -2.06. The van der Waals surface area contributed by atoms with Gasteiger partial charge in [-0.1, -0.05) is 6.07 Å². The third-order valence-corrected chi connectivity index (χ3v) is 3.31. The molecule has 0 radical (unpaired) electrons. The summed E-state index contributed by atoms with van der Waals surface area (Å²) in [6.45, 7) is 0. The maximum absolute atomic E-state index is 14.4. The monoisotopic (exact) mass is 336 g/mol. The Kier molecular flexibility index (Phi) is 4.11. The number of nitrogens with zero attached hydrogens (tertiary/aromatic N) is 1. The Labute approximate surface area is 134 Å². The number of nitrogens with one attached hydrogen (secondary N) is 1. The van der Waals surface area contributed by atoms with Crippen molar-refractivity contribution < 1.29 is 27.1 Å². The van der Waals surface area contributed by atoms with E-state index in [1.807, 2.05) is 0 Å². The lowest BCUT2D eigenvalue weighted by molar-refractivity contribution is -0.139. The largest absolute Gasteiger partial charge is 0.469 e. The van der Waals surface area contributed by atoms with Gasteiger partial charge in [-0.2, -0.15) is 4.98 Å². The summed E-state index contributed by atoms with van der Waals surface area (Å²) in [6, 6.07) is 5.45. The maximum atomic E-state index is 14.4. The molecule has 0 spiro atoms. The number of aromatic nitrogens is 1. The molecule has 0 aliphatic carbocycles. The number of carbonyl (C=O) groups is 1. The molecule has 1 heterocycles. The van der Waals surface area contributed by atoms with Crippen LogP contribution in [-0.4, -0.2) is 18.1 Å². The van der Waals surface area contributed by atoms with Crippen molar-refractivity contribution in [1.82, 2.24) is 4.98 Å². The first kappa shape index (κ1) is 15.9. The van der Waals surface area contributed by atoms with Crippen molar-refractivity contribution in [2.75, 3.05) is 12.4 Å². The minimum Gasteiger partial charge on any atom is -0.469 e. The van der Waals surface area contributed by atoms with E-state index in [2.05, 4.69) is 15.0 Å². The number of benzene rings is 2. The molecule has 0 unspecified atom stereocenters. The minimum absolute atomic E-state index is 0.0778. The Morgan fingerprint density at radius 1 is 1.25 bits per heavy atom. The highest BCUT2D eigenvalue weighted by Crippen LogP contribution is 2.27. The van der Waals surface area contributed by atoms with Gasteiger partial charge in [0.2, 0.25) is 0 Å². The Morgan fingerprint density at radius 2 is 2.04 bits per heavy atom. The lowest BCUT2D eigenvalue weighted by atomic mass is 10.1. The molecule has 0 saturated carbocycles. The summed E-state index contributed by atoms with van der Waals surface area (Å²) in [5.74, 6) is -2.74. The number of hydrogen-bond donors (Lipinski definition) is 1. The van der Waals surface area contributed by atoms with Gasteiger partial charge in [-0.3, -0.25) is 4.79 Å². The molecular formula is C16H11F3N2O3. The molecule has 0 saturated heterocycles. The predicted molar refractivity (Wildman–Crippen MR) is 79.3 cm³/mol. The highest BCUT2D eigenvalue weighted by Gasteiger charge is 2.17. The van der Waals surface area contributed by atoms with Crippen molar-refractivity contribution in [3.05, 3.63) is 53.3 Å². The van der Waals surface area contributed by atoms with Gasteiger partial charge in [0.1, 0.15) is 17.2 Å². The van der Waals surface area contributed by atoms with E-state index >= 15 is 0 Å². The molecule has 124 valence electrons. The minimum atomic E-state index is -0.766. The van der Waals surface area contributed by atoms with E-state index in [-0.39, 0.29) is 34.8 Å². The number of ether oxygens (including phenoxy) is 1. The second kappa shape index (κ2) is 6.23. The second-order valence-corrected chi connectivity index (χ2v) is 4.91. The summed E-state index contributed by atoms with van der Waals surface area (Å²) in [5, 5.41) is 2.45. The van der Waals surface area contributed by atoms with Crippen LogP contribution in [0.3, 0.4) is 0 Å². The van der Waals surface area contributed by atoms with Gasteiger partial charge in [-0.15, -0.1) is 0 Å². The quantitative estimate of drug-likeness (QED) is 0.736. The van der Waals surface area contributed by atoms with Gasteiger partial charge in [0.15, 0.2) is 11.4 Å². The third kappa shape index (κ3) is 3.03. The van der Waals surface area contributed by atoms with Crippen molar-refractivity contribution in [3.63, 3.8) is 0 Å². The number of hydrogen-bond acceptors (Lipinski definition) is 5. The Morgan fingerprint density at radius 3 is 2.79 bits per heavy atom. The zero-order valence-corrected chi connectivity index (χ0v) is 12.4. The van der Waals surface area contributed by atoms with Gasteiger partial charge in [0.25, 0.3) is 6.01 Å². The summed E-state index contributed by atoms with van der Waals surface area (Å²) >= 11 is 0. The van der Waals surface area contributed by atoms with Gasteiger partial charge in [0.05, 0.1) is 19.2 Å². The van der Waals surface area contributed by atoms with E-state index in [1.54, 1.807) is 0 Å². The molecule has 0 atom stereocenters. The highest BCUT2D eigenvalue weighted by molar-refractivity contribution is 5.79. The number of rotatable bonds is 4. The molecule has 24 heavy (non-hydrogen) atoms. The molecule has 2 aromatic carbocycles. The smallest absolute Gasteiger partial charge is 0.310 e. The Hall–Kier alpha value is -3.03. The summed E-state index contributed by atoms with van der Waals surface area (Å²) < 4.78 is 50.8. The molecule has 5 nitrogen and oxygen atoms in total. The maximum Gasteiger partial charge on any atom is 0.310 e. The Bertz CT molecular complexity index is 924. The SMILES string of the molecule is COC(=O)Cc1ccc2nc(Nc3cc(F)ccc3F)oc2c1F. The first-order chi connectivity index (χ1) is 11.5. The molecular weight excluding hydrogens is 325 g/mol. The predicted octanol–water partition coefficient (Wildman–Crippen LogP) is 3.70. The average Bonchev–Trinajstić information content (AvgIpc) is 2.97. The molecule has 3 aromatic rings. The van der Waals surface area contributed by atoms with Gasteiger partial charge < -0.3 is 14.5 Å².